The molecule has 0 bridgehead atoms. The quantitative estimate of drug-likeness (QED) is 0.429. The molecule has 1 saturated carbocycles. The van der Waals surface area contributed by atoms with E-state index >= 15 is 0 Å². The van der Waals surface area contributed by atoms with Crippen molar-refractivity contribution in [3.05, 3.63) is 102 Å². The van der Waals surface area contributed by atoms with E-state index in [1.807, 2.05) is 6.92 Å². The highest BCUT2D eigenvalue weighted by atomic mass is 32.2. The Kier molecular flexibility index (Phi) is 8.79. The van der Waals surface area contributed by atoms with E-state index in [0.29, 0.717) is 0 Å². The van der Waals surface area contributed by atoms with Gasteiger partial charge in [0.2, 0.25) is 5.91 Å². The monoisotopic (exact) mass is 520 g/mol. The number of benzene rings is 3. The highest BCUT2D eigenvalue weighted by Gasteiger charge is 2.39. The van der Waals surface area contributed by atoms with Crippen LogP contribution in [-0.4, -0.2) is 36.9 Å². The van der Waals surface area contributed by atoms with E-state index in [1.165, 1.54) is 29.7 Å². The average molecular weight is 521 g/mol. The zero-order valence-electron chi connectivity index (χ0n) is 21.3. The highest BCUT2D eigenvalue weighted by molar-refractivity contribution is 7.85. The van der Waals surface area contributed by atoms with Gasteiger partial charge < -0.3 is 5.32 Å². The summed E-state index contributed by atoms with van der Waals surface area (Å²) in [4.78, 5) is 15.2. The maximum atomic E-state index is 12.7. The summed E-state index contributed by atoms with van der Waals surface area (Å²) in [6.45, 7) is 4.85. The third kappa shape index (κ3) is 7.28. The summed E-state index contributed by atoms with van der Waals surface area (Å²) < 4.78 is 29.6. The summed E-state index contributed by atoms with van der Waals surface area (Å²) in [6, 6.07) is 27.2. The van der Waals surface area contributed by atoms with Crippen LogP contribution in [0.15, 0.2) is 89.8 Å². The van der Waals surface area contributed by atoms with Crippen LogP contribution in [0, 0.1) is 12.8 Å². The summed E-state index contributed by atoms with van der Waals surface area (Å²) in [5, 5.41) is 3.47. The van der Waals surface area contributed by atoms with Crippen molar-refractivity contribution >= 4 is 16.0 Å². The molecule has 7 heteroatoms. The molecule has 1 amide bonds. The predicted octanol–water partition coefficient (Wildman–Crippen LogP) is 5.34. The molecule has 0 atom stereocenters. The van der Waals surface area contributed by atoms with Crippen LogP contribution < -0.4 is 5.32 Å². The largest absolute Gasteiger partial charge is 0.346 e. The van der Waals surface area contributed by atoms with Gasteiger partial charge in [-0.05, 0) is 55.9 Å². The molecule has 1 aliphatic heterocycles. The van der Waals surface area contributed by atoms with Gasteiger partial charge in [-0.25, -0.2) is 0 Å². The number of hydrogen-bond acceptors (Lipinski definition) is 4. The van der Waals surface area contributed by atoms with Crippen molar-refractivity contribution in [2.45, 2.75) is 56.0 Å². The van der Waals surface area contributed by atoms with Crippen molar-refractivity contribution in [2.75, 3.05) is 13.1 Å². The Morgan fingerprint density at radius 1 is 0.919 bits per heavy atom. The van der Waals surface area contributed by atoms with Crippen molar-refractivity contribution in [3.8, 4) is 0 Å². The van der Waals surface area contributed by atoms with E-state index in [1.54, 1.807) is 12.1 Å². The summed E-state index contributed by atoms with van der Waals surface area (Å²) >= 11 is 0. The Balaban J connectivity index is 0.000000245. The van der Waals surface area contributed by atoms with Gasteiger partial charge in [0.05, 0.1) is 10.4 Å². The fraction of sp³-hybridized carbons (Fsp3) is 0.367. The van der Waals surface area contributed by atoms with Gasteiger partial charge in [-0.2, -0.15) is 8.42 Å². The fourth-order valence-electron chi connectivity index (χ4n) is 4.90. The molecule has 1 heterocycles. The SMILES string of the molecule is Cc1ccc(S(=O)(=O)O)cc1.O=C(NC1(c2ccccc2)CCN(Cc2ccccc2)CC1)C1CCC1. The molecule has 2 aliphatic rings. The molecule has 196 valence electrons. The number of carbonyl (C=O) groups is 1. The number of nitrogens with one attached hydrogen (secondary N) is 1. The van der Waals surface area contributed by atoms with Gasteiger partial charge in [0.25, 0.3) is 10.1 Å². The summed E-state index contributed by atoms with van der Waals surface area (Å²) in [5.41, 5.74) is 3.36. The van der Waals surface area contributed by atoms with Gasteiger partial charge in [-0.15, -0.1) is 0 Å². The molecule has 5 rings (SSSR count). The maximum absolute atomic E-state index is 12.7. The molecule has 0 unspecified atom stereocenters. The molecular weight excluding hydrogens is 484 g/mol. The lowest BCUT2D eigenvalue weighted by atomic mass is 9.78. The summed E-state index contributed by atoms with van der Waals surface area (Å²) in [7, 11) is -4.02. The molecule has 3 aromatic carbocycles. The zero-order valence-corrected chi connectivity index (χ0v) is 22.2. The first-order chi connectivity index (χ1) is 17.7. The van der Waals surface area contributed by atoms with Crippen LogP contribution in [0.25, 0.3) is 0 Å². The van der Waals surface area contributed by atoms with E-state index < -0.39 is 10.1 Å². The zero-order chi connectivity index (χ0) is 26.3. The lowest BCUT2D eigenvalue weighted by molar-refractivity contribution is -0.130. The molecule has 2 N–H and O–H groups in total. The van der Waals surface area contributed by atoms with Crippen LogP contribution in [-0.2, 0) is 27.0 Å². The number of hydrogen-bond donors (Lipinski definition) is 2. The van der Waals surface area contributed by atoms with Crippen LogP contribution in [0.5, 0.6) is 0 Å². The molecule has 1 saturated heterocycles. The second-order valence-corrected chi connectivity index (χ2v) is 11.5. The Morgan fingerprint density at radius 2 is 1.49 bits per heavy atom. The van der Waals surface area contributed by atoms with Crippen molar-refractivity contribution in [1.29, 1.82) is 0 Å². The molecule has 3 aromatic rings. The molecule has 1 aliphatic carbocycles. The first-order valence-electron chi connectivity index (χ1n) is 12.9. The number of nitrogens with zero attached hydrogens (tertiary/aromatic N) is 1. The van der Waals surface area contributed by atoms with Crippen LogP contribution in [0.4, 0.5) is 0 Å². The molecule has 6 nitrogen and oxygen atoms in total. The third-order valence-electron chi connectivity index (χ3n) is 7.44. The van der Waals surface area contributed by atoms with Crippen molar-refractivity contribution in [3.63, 3.8) is 0 Å². The number of piperidine rings is 1. The van der Waals surface area contributed by atoms with Crippen LogP contribution >= 0.6 is 0 Å². The lowest BCUT2D eigenvalue weighted by Gasteiger charge is -2.44. The minimum atomic E-state index is -4.02. The van der Waals surface area contributed by atoms with Crippen LogP contribution in [0.2, 0.25) is 0 Å². The number of rotatable bonds is 6. The van der Waals surface area contributed by atoms with E-state index in [0.717, 1.165) is 50.9 Å². The summed E-state index contributed by atoms with van der Waals surface area (Å²) in [5.74, 6) is 0.495. The van der Waals surface area contributed by atoms with Crippen molar-refractivity contribution in [2.24, 2.45) is 5.92 Å². The second-order valence-electron chi connectivity index (χ2n) is 10.1. The Hall–Kier alpha value is -3.00. The van der Waals surface area contributed by atoms with Crippen LogP contribution in [0.3, 0.4) is 0 Å². The Labute approximate surface area is 220 Å². The minimum Gasteiger partial charge on any atom is -0.346 e. The lowest BCUT2D eigenvalue weighted by Crippen LogP contribution is -2.54. The van der Waals surface area contributed by atoms with Crippen LogP contribution in [0.1, 0.15) is 48.8 Å². The molecule has 0 aromatic heterocycles. The summed E-state index contributed by atoms with van der Waals surface area (Å²) in [6.07, 6.45) is 5.25. The highest BCUT2D eigenvalue weighted by Crippen LogP contribution is 2.35. The Bertz CT molecular complexity index is 1250. The molecule has 0 spiro atoms. The van der Waals surface area contributed by atoms with E-state index in [4.69, 9.17) is 4.55 Å². The van der Waals surface area contributed by atoms with Gasteiger partial charge in [-0.3, -0.25) is 14.2 Å². The standard InChI is InChI=1S/C23H28N2O.C7H8O3S/c26-22(20-10-7-11-20)24-23(21-12-5-2-6-13-21)14-16-25(17-15-23)18-19-8-3-1-4-9-19;1-6-2-4-7(5-3-6)11(8,9)10/h1-6,8-9,12-13,20H,7,10-11,14-18H2,(H,24,26);2-5H,1H3,(H,8,9,10). The van der Waals surface area contributed by atoms with Crippen molar-refractivity contribution in [1.82, 2.24) is 10.2 Å². The average Bonchev–Trinajstić information content (AvgIpc) is 2.85. The fourth-order valence-corrected chi connectivity index (χ4v) is 5.38. The van der Waals surface area contributed by atoms with Gasteiger partial charge >= 0.3 is 0 Å². The topological polar surface area (TPSA) is 86.7 Å². The molecule has 0 radical (unpaired) electrons. The Morgan fingerprint density at radius 3 is 2.00 bits per heavy atom. The normalized spacial score (nSPS) is 17.7. The molecular formula is C30H36N2O4S. The first kappa shape index (κ1) is 27.0. The van der Waals surface area contributed by atoms with Gasteiger partial charge in [-0.1, -0.05) is 84.8 Å². The first-order valence-corrected chi connectivity index (χ1v) is 14.4. The second kappa shape index (κ2) is 12.0. The molecule has 2 fully saturated rings. The molecule has 37 heavy (non-hydrogen) atoms. The van der Waals surface area contributed by atoms with Gasteiger partial charge in [0, 0.05) is 25.6 Å². The van der Waals surface area contributed by atoms with Gasteiger partial charge in [0.15, 0.2) is 0 Å². The third-order valence-corrected chi connectivity index (χ3v) is 8.31. The number of amides is 1. The number of carbonyl (C=O) groups excluding carboxylic acids is 1. The minimum absolute atomic E-state index is 0.0666. The van der Waals surface area contributed by atoms with E-state index in [-0.39, 0.29) is 22.3 Å². The van der Waals surface area contributed by atoms with Gasteiger partial charge in [0.1, 0.15) is 0 Å². The van der Waals surface area contributed by atoms with E-state index in [2.05, 4.69) is 70.9 Å². The van der Waals surface area contributed by atoms with Crippen molar-refractivity contribution < 1.29 is 17.8 Å². The number of aryl methyl sites for hydroxylation is 1. The smallest absolute Gasteiger partial charge is 0.294 e. The maximum Gasteiger partial charge on any atom is 0.294 e. The number of likely N-dealkylation sites (tertiary alicyclic amines) is 1. The van der Waals surface area contributed by atoms with E-state index in [9.17, 15) is 13.2 Å². The predicted molar refractivity (Wildman–Crippen MR) is 146 cm³/mol.